The topological polar surface area (TPSA) is 58.6 Å². The number of amides is 2. The number of hydrogen-bond donors (Lipinski definition) is 1. The second kappa shape index (κ2) is 7.95. The first kappa shape index (κ1) is 19.0. The summed E-state index contributed by atoms with van der Waals surface area (Å²) >= 11 is 3.45. The molecule has 6 heteroatoms. The van der Waals surface area contributed by atoms with Crippen molar-refractivity contribution in [3.05, 3.63) is 63.6 Å². The third-order valence-electron chi connectivity index (χ3n) is 5.13. The molecule has 28 heavy (non-hydrogen) atoms. The molecule has 2 aliphatic rings. The van der Waals surface area contributed by atoms with Crippen LogP contribution in [0.15, 0.2) is 46.9 Å². The summed E-state index contributed by atoms with van der Waals surface area (Å²) in [6, 6.07) is 13.6. The van der Waals surface area contributed by atoms with Crippen LogP contribution in [-0.2, 0) is 6.54 Å². The van der Waals surface area contributed by atoms with Crippen molar-refractivity contribution in [2.75, 3.05) is 7.11 Å². The van der Waals surface area contributed by atoms with Crippen molar-refractivity contribution in [3.8, 4) is 5.75 Å². The summed E-state index contributed by atoms with van der Waals surface area (Å²) in [4.78, 5) is 27.1. The van der Waals surface area contributed by atoms with Crippen LogP contribution in [0.4, 0.5) is 0 Å². The smallest absolute Gasteiger partial charge is 0.254 e. The molecule has 2 saturated carbocycles. The Labute approximate surface area is 173 Å². The highest BCUT2D eigenvalue weighted by molar-refractivity contribution is 9.10. The molecule has 2 aromatic rings. The van der Waals surface area contributed by atoms with Gasteiger partial charge in [0.25, 0.3) is 11.8 Å². The van der Waals surface area contributed by atoms with E-state index in [2.05, 4.69) is 21.2 Å². The normalized spacial score (nSPS) is 15.8. The molecule has 2 amide bonds. The minimum atomic E-state index is -0.0211. The number of hydrogen-bond acceptors (Lipinski definition) is 3. The van der Waals surface area contributed by atoms with E-state index in [1.165, 1.54) is 0 Å². The van der Waals surface area contributed by atoms with E-state index in [0.29, 0.717) is 29.5 Å². The third kappa shape index (κ3) is 4.38. The molecular weight excluding hydrogens is 420 g/mol. The van der Waals surface area contributed by atoms with E-state index >= 15 is 0 Å². The lowest BCUT2D eigenvalue weighted by Crippen LogP contribution is -2.32. The van der Waals surface area contributed by atoms with E-state index in [-0.39, 0.29) is 17.9 Å². The highest BCUT2D eigenvalue weighted by atomic mass is 79.9. The number of ether oxygens (including phenoxy) is 1. The number of carbonyl (C=O) groups is 2. The summed E-state index contributed by atoms with van der Waals surface area (Å²) in [5.41, 5.74) is 2.33. The van der Waals surface area contributed by atoms with Crippen LogP contribution in [0, 0.1) is 0 Å². The fourth-order valence-corrected chi connectivity index (χ4v) is 3.71. The average Bonchev–Trinajstić information content (AvgIpc) is 3.60. The molecule has 2 aliphatic carbocycles. The summed E-state index contributed by atoms with van der Waals surface area (Å²) in [5, 5.41) is 2.99. The first-order chi connectivity index (χ1) is 13.5. The Morgan fingerprint density at radius 1 is 1.07 bits per heavy atom. The Bertz CT molecular complexity index is 889. The van der Waals surface area contributed by atoms with E-state index in [1.54, 1.807) is 19.2 Å². The molecule has 0 spiro atoms. The first-order valence-electron chi connectivity index (χ1n) is 9.59. The summed E-state index contributed by atoms with van der Waals surface area (Å²) in [6.07, 6.45) is 4.21. The van der Waals surface area contributed by atoms with Gasteiger partial charge in [-0.05, 0) is 77.5 Å². The van der Waals surface area contributed by atoms with Crippen molar-refractivity contribution < 1.29 is 14.3 Å². The molecule has 0 aliphatic heterocycles. The maximum absolute atomic E-state index is 13.1. The van der Waals surface area contributed by atoms with E-state index in [0.717, 1.165) is 35.7 Å². The van der Waals surface area contributed by atoms with Crippen LogP contribution < -0.4 is 10.1 Å². The predicted molar refractivity (Wildman–Crippen MR) is 111 cm³/mol. The van der Waals surface area contributed by atoms with Crippen molar-refractivity contribution in [2.45, 2.75) is 44.3 Å². The van der Waals surface area contributed by atoms with Crippen molar-refractivity contribution in [3.63, 3.8) is 0 Å². The maximum Gasteiger partial charge on any atom is 0.254 e. The zero-order valence-corrected chi connectivity index (χ0v) is 17.4. The van der Waals surface area contributed by atoms with Gasteiger partial charge in [-0.3, -0.25) is 9.59 Å². The van der Waals surface area contributed by atoms with Crippen molar-refractivity contribution in [2.24, 2.45) is 0 Å². The number of halogens is 1. The number of methoxy groups -OCH3 is 1. The molecule has 2 fully saturated rings. The monoisotopic (exact) mass is 442 g/mol. The van der Waals surface area contributed by atoms with Crippen molar-refractivity contribution >= 4 is 27.7 Å². The second-order valence-electron chi connectivity index (χ2n) is 7.46. The average molecular weight is 443 g/mol. The van der Waals surface area contributed by atoms with Crippen LogP contribution in [0.5, 0.6) is 5.75 Å². The zero-order chi connectivity index (χ0) is 19.7. The van der Waals surface area contributed by atoms with Gasteiger partial charge in [0.15, 0.2) is 0 Å². The first-order valence-corrected chi connectivity index (χ1v) is 10.4. The molecule has 5 nitrogen and oxygen atoms in total. The Balaban J connectivity index is 1.47. The predicted octanol–water partition coefficient (Wildman–Crippen LogP) is 4.15. The molecule has 146 valence electrons. The Morgan fingerprint density at radius 3 is 2.32 bits per heavy atom. The Morgan fingerprint density at radius 2 is 1.75 bits per heavy atom. The van der Waals surface area contributed by atoms with Gasteiger partial charge in [-0.15, -0.1) is 0 Å². The number of carbonyl (C=O) groups excluding carboxylic acids is 2. The number of nitrogens with zero attached hydrogens (tertiary/aromatic N) is 1. The zero-order valence-electron chi connectivity index (χ0n) is 15.8. The second-order valence-corrected chi connectivity index (χ2v) is 8.31. The van der Waals surface area contributed by atoms with Crippen LogP contribution in [0.3, 0.4) is 0 Å². The molecule has 1 N–H and O–H groups in total. The lowest BCUT2D eigenvalue weighted by atomic mass is 10.1. The maximum atomic E-state index is 13.1. The summed E-state index contributed by atoms with van der Waals surface area (Å²) in [5.74, 6) is 0.697. The highest BCUT2D eigenvalue weighted by Crippen LogP contribution is 2.32. The molecule has 4 rings (SSSR count). The van der Waals surface area contributed by atoms with Crippen molar-refractivity contribution in [1.29, 1.82) is 0 Å². The van der Waals surface area contributed by atoms with Gasteiger partial charge in [-0.2, -0.15) is 0 Å². The minimum absolute atomic E-state index is 0.0152. The molecule has 2 aromatic carbocycles. The van der Waals surface area contributed by atoms with E-state index in [9.17, 15) is 9.59 Å². The summed E-state index contributed by atoms with van der Waals surface area (Å²) < 4.78 is 6.02. The standard InChI is InChI=1S/C22H23BrN2O3/c1-28-20-11-6-16(12-19(20)23)22(27)25(18-9-10-18)13-14-2-4-15(5-3-14)21(26)24-17-7-8-17/h2-6,11-12,17-18H,7-10,13H2,1H3,(H,24,26). The lowest BCUT2D eigenvalue weighted by Gasteiger charge is -2.23. The Kier molecular flexibility index (Phi) is 5.40. The Hall–Kier alpha value is -2.34. The lowest BCUT2D eigenvalue weighted by molar-refractivity contribution is 0.0729. The SMILES string of the molecule is COc1ccc(C(=O)N(Cc2ccc(C(=O)NC3CC3)cc2)C2CC2)cc1Br. The molecule has 0 atom stereocenters. The van der Waals surface area contributed by atoms with E-state index in [4.69, 9.17) is 4.74 Å². The van der Waals surface area contributed by atoms with Crippen LogP contribution in [0.2, 0.25) is 0 Å². The van der Waals surface area contributed by atoms with Gasteiger partial charge in [0, 0.05) is 29.8 Å². The number of nitrogens with one attached hydrogen (secondary N) is 1. The quantitative estimate of drug-likeness (QED) is 0.700. The number of rotatable bonds is 7. The molecule has 0 heterocycles. The van der Waals surface area contributed by atoms with Gasteiger partial charge in [-0.25, -0.2) is 0 Å². The van der Waals surface area contributed by atoms with Crippen LogP contribution in [0.25, 0.3) is 0 Å². The van der Waals surface area contributed by atoms with Gasteiger partial charge in [0.2, 0.25) is 0 Å². The van der Waals surface area contributed by atoms with Crippen LogP contribution in [0.1, 0.15) is 52.0 Å². The van der Waals surface area contributed by atoms with Gasteiger partial charge in [0.1, 0.15) is 5.75 Å². The van der Waals surface area contributed by atoms with E-state index in [1.807, 2.05) is 35.2 Å². The molecule has 0 unspecified atom stereocenters. The van der Waals surface area contributed by atoms with Crippen LogP contribution >= 0.6 is 15.9 Å². The van der Waals surface area contributed by atoms with E-state index < -0.39 is 0 Å². The highest BCUT2D eigenvalue weighted by Gasteiger charge is 2.33. The van der Waals surface area contributed by atoms with Gasteiger partial charge in [0.05, 0.1) is 11.6 Å². The molecular formula is C22H23BrN2O3. The van der Waals surface area contributed by atoms with Crippen LogP contribution in [-0.4, -0.2) is 35.9 Å². The van der Waals surface area contributed by atoms with Gasteiger partial charge in [-0.1, -0.05) is 12.1 Å². The molecule has 0 bridgehead atoms. The minimum Gasteiger partial charge on any atom is -0.496 e. The van der Waals surface area contributed by atoms with Crippen molar-refractivity contribution in [1.82, 2.24) is 10.2 Å². The molecule has 0 aromatic heterocycles. The largest absolute Gasteiger partial charge is 0.496 e. The number of benzene rings is 2. The molecule has 0 saturated heterocycles. The molecule has 0 radical (unpaired) electrons. The fraction of sp³-hybridized carbons (Fsp3) is 0.364. The fourth-order valence-electron chi connectivity index (χ4n) is 3.17. The summed E-state index contributed by atoms with van der Waals surface area (Å²) in [7, 11) is 1.60. The van der Waals surface area contributed by atoms with Gasteiger partial charge < -0.3 is 15.0 Å². The third-order valence-corrected chi connectivity index (χ3v) is 5.75. The summed E-state index contributed by atoms with van der Waals surface area (Å²) in [6.45, 7) is 0.539. The van der Waals surface area contributed by atoms with Gasteiger partial charge >= 0.3 is 0 Å².